The van der Waals surface area contributed by atoms with Crippen molar-refractivity contribution in [1.29, 1.82) is 0 Å². The molecule has 0 spiro atoms. The summed E-state index contributed by atoms with van der Waals surface area (Å²) in [6.07, 6.45) is 4.00. The first-order chi connectivity index (χ1) is 13.1. The fraction of sp³-hybridized carbons (Fsp3) is 0.381. The third-order valence-electron chi connectivity index (χ3n) is 4.73. The molecule has 1 fully saturated rings. The Morgan fingerprint density at radius 2 is 1.79 bits per heavy atom. The Morgan fingerprint density at radius 3 is 2.43 bits per heavy atom. The third kappa shape index (κ3) is 6.83. The predicted molar refractivity (Wildman–Crippen MR) is 128 cm³/mol. The van der Waals surface area contributed by atoms with Crippen molar-refractivity contribution in [3.05, 3.63) is 58.6 Å². The minimum Gasteiger partial charge on any atom is -0.495 e. The van der Waals surface area contributed by atoms with E-state index in [1.54, 1.807) is 19.2 Å². The average molecular weight is 515 g/mol. The number of anilines is 1. The molecule has 1 heterocycles. The van der Waals surface area contributed by atoms with E-state index in [0.717, 1.165) is 17.8 Å². The van der Waals surface area contributed by atoms with Gasteiger partial charge in [-0.2, -0.15) is 0 Å². The number of nitrogens with zero attached hydrogens (tertiary/aromatic N) is 2. The van der Waals surface area contributed by atoms with Gasteiger partial charge in [0, 0.05) is 12.2 Å². The van der Waals surface area contributed by atoms with Crippen LogP contribution >= 0.6 is 35.6 Å². The topological polar surface area (TPSA) is 62.9 Å². The monoisotopic (exact) mass is 514 g/mol. The molecule has 1 saturated heterocycles. The highest BCUT2D eigenvalue weighted by Crippen LogP contribution is 2.27. The van der Waals surface area contributed by atoms with Gasteiger partial charge in [0.1, 0.15) is 5.75 Å². The summed E-state index contributed by atoms with van der Waals surface area (Å²) in [5.74, 6) is 0.982. The Hall–Kier alpha value is -1.51. The highest BCUT2D eigenvalue weighted by molar-refractivity contribution is 14.0. The average Bonchev–Trinajstić information content (AvgIpc) is 2.68. The molecular formula is C21H28ClIN4O. The predicted octanol–water partition coefficient (Wildman–Crippen LogP) is 4.88. The third-order valence-corrected chi connectivity index (χ3v) is 5.03. The maximum atomic E-state index is 6.12. The first kappa shape index (κ1) is 22.8. The van der Waals surface area contributed by atoms with Gasteiger partial charge in [-0.3, -0.25) is 4.90 Å². The zero-order valence-corrected chi connectivity index (χ0v) is 19.2. The maximum absolute atomic E-state index is 6.12. The zero-order valence-electron chi connectivity index (χ0n) is 16.2. The highest BCUT2D eigenvalue weighted by Gasteiger charge is 2.10. The number of hydrogen-bond acceptors (Lipinski definition) is 3. The molecule has 2 aromatic carbocycles. The minimum absolute atomic E-state index is 0. The number of ether oxygens (including phenoxy) is 1. The van der Waals surface area contributed by atoms with E-state index in [2.05, 4.69) is 39.5 Å². The van der Waals surface area contributed by atoms with Crippen LogP contribution in [0.3, 0.4) is 0 Å². The van der Waals surface area contributed by atoms with Gasteiger partial charge in [0.05, 0.1) is 18.7 Å². The van der Waals surface area contributed by atoms with Crippen LogP contribution in [0.4, 0.5) is 5.69 Å². The number of likely N-dealkylation sites (tertiary alicyclic amines) is 1. The van der Waals surface area contributed by atoms with Crippen LogP contribution in [0, 0.1) is 0 Å². The van der Waals surface area contributed by atoms with E-state index in [4.69, 9.17) is 22.1 Å². The summed E-state index contributed by atoms with van der Waals surface area (Å²) in [5, 5.41) is 3.58. The molecule has 3 rings (SSSR count). The van der Waals surface area contributed by atoms with Crippen molar-refractivity contribution in [2.75, 3.05) is 25.5 Å². The number of hydrogen-bond donors (Lipinski definition) is 2. The Bertz CT molecular complexity index is 776. The van der Waals surface area contributed by atoms with E-state index in [0.29, 0.717) is 23.3 Å². The second-order valence-electron chi connectivity index (χ2n) is 6.83. The van der Waals surface area contributed by atoms with Crippen molar-refractivity contribution in [1.82, 2.24) is 4.90 Å². The van der Waals surface area contributed by atoms with Gasteiger partial charge in [-0.1, -0.05) is 42.3 Å². The molecule has 0 atom stereocenters. The number of nitrogens with two attached hydrogens (primary N) is 1. The number of methoxy groups -OCH3 is 1. The summed E-state index contributed by atoms with van der Waals surface area (Å²) in [6, 6.07) is 14.0. The lowest BCUT2D eigenvalue weighted by Gasteiger charge is -2.26. The van der Waals surface area contributed by atoms with Crippen molar-refractivity contribution in [2.45, 2.75) is 32.4 Å². The van der Waals surface area contributed by atoms with Crippen LogP contribution in [0.5, 0.6) is 5.75 Å². The van der Waals surface area contributed by atoms with E-state index in [1.807, 2.05) is 6.07 Å². The quantitative estimate of drug-likeness (QED) is 0.328. The van der Waals surface area contributed by atoms with Crippen molar-refractivity contribution in [3.8, 4) is 5.75 Å². The second kappa shape index (κ2) is 11.5. The lowest BCUT2D eigenvalue weighted by atomic mass is 10.1. The molecular weight excluding hydrogens is 487 g/mol. The molecule has 0 radical (unpaired) electrons. The van der Waals surface area contributed by atoms with Crippen molar-refractivity contribution < 1.29 is 4.74 Å². The van der Waals surface area contributed by atoms with Gasteiger partial charge in [-0.25, -0.2) is 4.99 Å². The van der Waals surface area contributed by atoms with E-state index in [1.165, 1.54) is 37.9 Å². The Morgan fingerprint density at radius 1 is 1.11 bits per heavy atom. The SMILES string of the molecule is COc1ccc(NC(N)=NCc2ccc(CN3CCCCC3)cc2)cc1Cl.I. The molecule has 1 aliphatic heterocycles. The first-order valence-electron chi connectivity index (χ1n) is 9.35. The maximum Gasteiger partial charge on any atom is 0.193 e. The highest BCUT2D eigenvalue weighted by atomic mass is 127. The van der Waals surface area contributed by atoms with Gasteiger partial charge in [-0.05, 0) is 55.3 Å². The number of nitrogens with one attached hydrogen (secondary N) is 1. The molecule has 28 heavy (non-hydrogen) atoms. The summed E-state index contributed by atoms with van der Waals surface area (Å²) in [5.41, 5.74) is 9.25. The van der Waals surface area contributed by atoms with Crippen molar-refractivity contribution >= 4 is 47.2 Å². The molecule has 2 aromatic rings. The van der Waals surface area contributed by atoms with Crippen LogP contribution in [0.15, 0.2) is 47.5 Å². The van der Waals surface area contributed by atoms with E-state index >= 15 is 0 Å². The van der Waals surface area contributed by atoms with Crippen LogP contribution in [-0.4, -0.2) is 31.1 Å². The Labute approximate surface area is 189 Å². The largest absolute Gasteiger partial charge is 0.495 e. The van der Waals surface area contributed by atoms with E-state index < -0.39 is 0 Å². The molecule has 7 heteroatoms. The number of aliphatic imine (C=N–C) groups is 1. The molecule has 0 amide bonds. The molecule has 0 unspecified atom stereocenters. The van der Waals surface area contributed by atoms with Crippen LogP contribution in [0.1, 0.15) is 30.4 Å². The second-order valence-corrected chi connectivity index (χ2v) is 7.24. The fourth-order valence-electron chi connectivity index (χ4n) is 3.23. The van der Waals surface area contributed by atoms with Crippen molar-refractivity contribution in [2.24, 2.45) is 10.7 Å². The van der Waals surface area contributed by atoms with Gasteiger partial charge in [0.2, 0.25) is 0 Å². The summed E-state index contributed by atoms with van der Waals surface area (Å²) >= 11 is 6.12. The summed E-state index contributed by atoms with van der Waals surface area (Å²) < 4.78 is 5.14. The summed E-state index contributed by atoms with van der Waals surface area (Å²) in [6.45, 7) is 3.99. The number of benzene rings is 2. The lowest BCUT2D eigenvalue weighted by Crippen LogP contribution is -2.29. The molecule has 0 saturated carbocycles. The van der Waals surface area contributed by atoms with Crippen molar-refractivity contribution in [3.63, 3.8) is 0 Å². The minimum atomic E-state index is 0. The van der Waals surface area contributed by atoms with Crippen LogP contribution < -0.4 is 15.8 Å². The van der Waals surface area contributed by atoms with Gasteiger partial charge in [-0.15, -0.1) is 24.0 Å². The number of halogens is 2. The molecule has 3 N–H and O–H groups in total. The Balaban J connectivity index is 0.00000280. The fourth-order valence-corrected chi connectivity index (χ4v) is 3.49. The van der Waals surface area contributed by atoms with Gasteiger partial charge >= 0.3 is 0 Å². The van der Waals surface area contributed by atoms with Crippen LogP contribution in [0.25, 0.3) is 0 Å². The van der Waals surface area contributed by atoms with Gasteiger partial charge in [0.25, 0.3) is 0 Å². The van der Waals surface area contributed by atoms with E-state index in [9.17, 15) is 0 Å². The lowest BCUT2D eigenvalue weighted by molar-refractivity contribution is 0.221. The molecule has 152 valence electrons. The van der Waals surface area contributed by atoms with Gasteiger partial charge < -0.3 is 15.8 Å². The Kier molecular flexibility index (Phi) is 9.34. The standard InChI is InChI=1S/C21H27ClN4O.HI/c1-27-20-10-9-18(13-19(20)22)25-21(23)24-14-16-5-7-17(8-6-16)15-26-11-3-2-4-12-26;/h5-10,13H,2-4,11-12,14-15H2,1H3,(H3,23,24,25);1H. The first-order valence-corrected chi connectivity index (χ1v) is 9.72. The van der Waals surface area contributed by atoms with Gasteiger partial charge in [0.15, 0.2) is 5.96 Å². The zero-order chi connectivity index (χ0) is 19.1. The normalized spacial score (nSPS) is 15.0. The smallest absolute Gasteiger partial charge is 0.193 e. The molecule has 5 nitrogen and oxygen atoms in total. The molecule has 0 aliphatic carbocycles. The summed E-state index contributed by atoms with van der Waals surface area (Å²) in [4.78, 5) is 6.93. The molecule has 0 aromatic heterocycles. The van der Waals surface area contributed by atoms with E-state index in [-0.39, 0.29) is 24.0 Å². The number of guanidine groups is 1. The van der Waals surface area contributed by atoms with Crippen LogP contribution in [0.2, 0.25) is 5.02 Å². The summed E-state index contributed by atoms with van der Waals surface area (Å²) in [7, 11) is 1.59. The number of rotatable bonds is 6. The number of piperidine rings is 1. The molecule has 1 aliphatic rings. The van der Waals surface area contributed by atoms with Crippen LogP contribution in [-0.2, 0) is 13.1 Å². The molecule has 0 bridgehead atoms.